The summed E-state index contributed by atoms with van der Waals surface area (Å²) >= 11 is 0. The molecule has 406 valence electrons. The number of likely N-dealkylation sites (N-methyl/N-ethyl adjacent to an activating group) is 1. The fourth-order valence-corrected chi connectivity index (χ4v) is 8.17. The van der Waals surface area contributed by atoms with E-state index in [4.69, 9.17) is 13.8 Å². The maximum atomic E-state index is 13.5. The van der Waals surface area contributed by atoms with E-state index in [1.165, 1.54) is 44.9 Å². The van der Waals surface area contributed by atoms with Crippen molar-refractivity contribution in [3.8, 4) is 0 Å². The van der Waals surface area contributed by atoms with Crippen LogP contribution in [0.15, 0.2) is 109 Å². The fraction of sp³-hybridized carbons (Fsp3) is 0.672. The van der Waals surface area contributed by atoms with Gasteiger partial charge in [-0.05, 0) is 96.0 Å². The number of unbranched alkanes of at least 4 members (excludes halogenated alkanes) is 19. The second-order valence-electron chi connectivity index (χ2n) is 19.8. The molecule has 0 aliphatic carbocycles. The van der Waals surface area contributed by atoms with Crippen molar-refractivity contribution in [1.82, 2.24) is 5.32 Å². The van der Waals surface area contributed by atoms with Crippen molar-refractivity contribution in [3.05, 3.63) is 109 Å². The Morgan fingerprint density at radius 2 is 0.972 bits per heavy atom. The molecular formula is C61H106N2O7P+. The van der Waals surface area contributed by atoms with Crippen molar-refractivity contribution in [2.75, 3.05) is 40.9 Å². The molecule has 0 aliphatic rings. The molecule has 0 aliphatic heterocycles. The first kappa shape index (κ1) is 67.7. The van der Waals surface area contributed by atoms with Crippen LogP contribution >= 0.6 is 7.82 Å². The minimum Gasteiger partial charge on any atom is -0.456 e. The number of ether oxygens (including phenoxy) is 1. The third kappa shape index (κ3) is 51.4. The van der Waals surface area contributed by atoms with Crippen LogP contribution in [0.1, 0.15) is 213 Å². The van der Waals surface area contributed by atoms with Gasteiger partial charge in [-0.15, -0.1) is 0 Å². The number of phosphoric acid groups is 1. The number of hydrogen-bond donors (Lipinski definition) is 2. The first-order chi connectivity index (χ1) is 34.4. The minimum atomic E-state index is -4.46. The number of nitrogens with one attached hydrogen (secondary N) is 1. The smallest absolute Gasteiger partial charge is 0.456 e. The summed E-state index contributed by atoms with van der Waals surface area (Å²) in [5.74, 6) is -0.562. The summed E-state index contributed by atoms with van der Waals surface area (Å²) in [6.45, 7) is 6.70. The van der Waals surface area contributed by atoms with Crippen molar-refractivity contribution in [2.45, 2.75) is 226 Å². The number of hydrogen-bond acceptors (Lipinski definition) is 6. The summed E-state index contributed by atoms with van der Waals surface area (Å²) in [5, 5.41) is 3.02. The molecule has 1 amide bonds. The first-order valence-corrected chi connectivity index (χ1v) is 29.7. The number of allylic oxidation sites excluding steroid dienone is 17. The molecule has 2 N–H and O–H groups in total. The second-order valence-corrected chi connectivity index (χ2v) is 21.2. The van der Waals surface area contributed by atoms with Gasteiger partial charge in [-0.25, -0.2) is 4.57 Å². The van der Waals surface area contributed by atoms with Crippen LogP contribution in [0, 0.1) is 0 Å². The van der Waals surface area contributed by atoms with Crippen molar-refractivity contribution in [1.29, 1.82) is 0 Å². The Balaban J connectivity index is 5.35. The van der Waals surface area contributed by atoms with Crippen molar-refractivity contribution < 1.29 is 37.3 Å². The summed E-state index contributed by atoms with van der Waals surface area (Å²) in [4.78, 5) is 37.5. The standard InChI is InChI=1S/C61H105N2O7P/c1-7-10-13-16-19-22-25-27-28-29-30-31-32-33-34-36-39-42-45-48-51-54-61(65)70-59(52-49-46-43-40-37-24-21-18-15-12-9-3)58(57-69-71(66,67)68-56-55-63(4,5)6)62-60(64)53-50-47-44-41-38-35-26-23-20-17-14-11-8-2/h10-11,13-14,17,19-20,22-23,26-28,30-31,33-34,49,52,58-59H,7-9,12,15-16,18,21,24-25,29,32,35-48,50-51,53-57H2,1-6H3,(H-,62,64,66,67)/p+1/b13-10-,14-11+,20-17+,22-19-,26-23-,28-27-,31-30-,34-33-,52-49-. The molecule has 71 heavy (non-hydrogen) atoms. The van der Waals surface area contributed by atoms with Crippen LogP contribution < -0.4 is 5.32 Å². The molecule has 0 saturated heterocycles. The summed E-state index contributed by atoms with van der Waals surface area (Å²) in [7, 11) is 1.45. The molecule has 0 aromatic rings. The number of carbonyl (C=O) groups excluding carboxylic acids is 2. The molecule has 0 heterocycles. The van der Waals surface area contributed by atoms with Crippen LogP contribution in [0.2, 0.25) is 0 Å². The van der Waals surface area contributed by atoms with E-state index in [1.54, 1.807) is 0 Å². The van der Waals surface area contributed by atoms with Gasteiger partial charge in [0.25, 0.3) is 0 Å². The van der Waals surface area contributed by atoms with Crippen LogP contribution in [0.3, 0.4) is 0 Å². The number of esters is 1. The number of phosphoric ester groups is 1. The number of nitrogens with zero attached hydrogens (tertiary/aromatic N) is 1. The highest BCUT2D eigenvalue weighted by Crippen LogP contribution is 2.43. The highest BCUT2D eigenvalue weighted by Gasteiger charge is 2.30. The maximum absolute atomic E-state index is 13.5. The average molecular weight is 1010 g/mol. The summed E-state index contributed by atoms with van der Waals surface area (Å²) in [6.07, 6.45) is 68.0. The highest BCUT2D eigenvalue weighted by atomic mass is 31.2. The number of quaternary nitrogens is 1. The molecule has 10 heteroatoms. The number of amides is 1. The first-order valence-electron chi connectivity index (χ1n) is 28.2. The molecule has 3 atom stereocenters. The molecule has 0 aromatic heterocycles. The van der Waals surface area contributed by atoms with Gasteiger partial charge in [0.2, 0.25) is 5.91 Å². The summed E-state index contributed by atoms with van der Waals surface area (Å²) in [5.41, 5.74) is 0. The van der Waals surface area contributed by atoms with Gasteiger partial charge in [0.1, 0.15) is 19.3 Å². The van der Waals surface area contributed by atoms with Gasteiger partial charge in [0, 0.05) is 12.8 Å². The lowest BCUT2D eigenvalue weighted by Gasteiger charge is -2.27. The maximum Gasteiger partial charge on any atom is 0.472 e. The Morgan fingerprint density at radius 3 is 1.51 bits per heavy atom. The zero-order chi connectivity index (χ0) is 52.2. The minimum absolute atomic E-state index is 0.0265. The lowest BCUT2D eigenvalue weighted by Crippen LogP contribution is -2.47. The third-order valence-electron chi connectivity index (χ3n) is 11.8. The predicted molar refractivity (Wildman–Crippen MR) is 304 cm³/mol. The second kappa shape index (κ2) is 50.2. The number of carbonyl (C=O) groups is 2. The molecule has 0 rings (SSSR count). The van der Waals surface area contributed by atoms with Crippen LogP contribution in [0.4, 0.5) is 0 Å². The lowest BCUT2D eigenvalue weighted by molar-refractivity contribution is -0.870. The Morgan fingerprint density at radius 1 is 0.521 bits per heavy atom. The topological polar surface area (TPSA) is 111 Å². The van der Waals surface area contributed by atoms with Gasteiger partial charge >= 0.3 is 13.8 Å². The van der Waals surface area contributed by atoms with Crippen LogP contribution in [-0.4, -0.2) is 74.3 Å². The quantitative estimate of drug-likeness (QED) is 0.0156. The molecule has 0 bridgehead atoms. The molecule has 0 radical (unpaired) electrons. The van der Waals surface area contributed by atoms with E-state index in [1.807, 2.05) is 39.4 Å². The van der Waals surface area contributed by atoms with E-state index in [0.717, 1.165) is 128 Å². The van der Waals surface area contributed by atoms with Gasteiger partial charge in [0.05, 0.1) is 33.8 Å². The van der Waals surface area contributed by atoms with Gasteiger partial charge in [0.15, 0.2) is 0 Å². The Hall–Kier alpha value is -3.33. The van der Waals surface area contributed by atoms with E-state index in [0.29, 0.717) is 23.9 Å². The van der Waals surface area contributed by atoms with E-state index in [-0.39, 0.29) is 31.5 Å². The van der Waals surface area contributed by atoms with Crippen molar-refractivity contribution >= 4 is 19.7 Å². The summed E-state index contributed by atoms with van der Waals surface area (Å²) < 4.78 is 30.5. The van der Waals surface area contributed by atoms with E-state index >= 15 is 0 Å². The Labute approximate surface area is 436 Å². The average Bonchev–Trinajstić information content (AvgIpc) is 3.33. The van der Waals surface area contributed by atoms with Gasteiger partial charge in [-0.3, -0.25) is 18.6 Å². The lowest BCUT2D eigenvalue weighted by atomic mass is 10.1. The Kier molecular flexibility index (Phi) is 47.9. The van der Waals surface area contributed by atoms with E-state index in [2.05, 4.69) is 117 Å². The van der Waals surface area contributed by atoms with E-state index in [9.17, 15) is 19.0 Å². The zero-order valence-corrected chi connectivity index (χ0v) is 47.1. The molecule has 0 aromatic carbocycles. The molecule has 0 spiro atoms. The predicted octanol–water partition coefficient (Wildman–Crippen LogP) is 17.0. The van der Waals surface area contributed by atoms with E-state index < -0.39 is 20.0 Å². The largest absolute Gasteiger partial charge is 0.472 e. The monoisotopic (exact) mass is 1010 g/mol. The van der Waals surface area contributed by atoms with Crippen LogP contribution in [0.5, 0.6) is 0 Å². The van der Waals surface area contributed by atoms with Gasteiger partial charge in [-0.1, -0.05) is 214 Å². The Bertz CT molecular complexity index is 1580. The van der Waals surface area contributed by atoms with Crippen LogP contribution in [-0.2, 0) is 27.9 Å². The molecule has 9 nitrogen and oxygen atoms in total. The molecule has 3 unspecified atom stereocenters. The summed E-state index contributed by atoms with van der Waals surface area (Å²) in [6, 6.07) is -0.873. The van der Waals surface area contributed by atoms with Gasteiger partial charge in [-0.2, -0.15) is 0 Å². The van der Waals surface area contributed by atoms with Gasteiger partial charge < -0.3 is 19.4 Å². The van der Waals surface area contributed by atoms with Crippen molar-refractivity contribution in [3.63, 3.8) is 0 Å². The fourth-order valence-electron chi connectivity index (χ4n) is 7.44. The molecular weight excluding hydrogens is 904 g/mol. The number of rotatable bonds is 49. The molecule has 0 fully saturated rings. The zero-order valence-electron chi connectivity index (χ0n) is 46.2. The van der Waals surface area contributed by atoms with Crippen molar-refractivity contribution in [2.24, 2.45) is 0 Å². The third-order valence-corrected chi connectivity index (χ3v) is 12.8. The molecule has 0 saturated carbocycles. The highest BCUT2D eigenvalue weighted by molar-refractivity contribution is 7.47. The normalized spacial score (nSPS) is 14.6. The van der Waals surface area contributed by atoms with Crippen LogP contribution in [0.25, 0.3) is 0 Å². The SMILES string of the molecule is CC/C=C\C/C=C\C/C=C\C/C=C\C/C=C\CCCCCCCC(=O)OC(/C=C\CCCCCCCCCCC)C(COP(=O)(O)OCC[N+](C)(C)C)NC(=O)CCCCCCC\C=C/C=C/C=C/CC.